The van der Waals surface area contributed by atoms with E-state index in [1.807, 2.05) is 6.92 Å². The second kappa shape index (κ2) is 6.56. The molecule has 1 unspecified atom stereocenters. The van der Waals surface area contributed by atoms with Gasteiger partial charge >= 0.3 is 11.9 Å². The standard InChI is InChI=1S/C10H18O4/c1-4-7-8-13-10(12,6-3)14-9(11)5-2/h5,12H,2,4,6-8H2,1,3H3. The van der Waals surface area contributed by atoms with Gasteiger partial charge in [-0.05, 0) is 6.42 Å². The fourth-order valence-corrected chi connectivity index (χ4v) is 0.779. The molecule has 0 amide bonds. The smallest absolute Gasteiger partial charge is 0.334 e. The SMILES string of the molecule is C=CC(=O)OC(O)(CC)OCCCC. The van der Waals surface area contributed by atoms with Crippen molar-refractivity contribution in [3.63, 3.8) is 0 Å². The third kappa shape index (κ3) is 4.99. The number of rotatable bonds is 7. The van der Waals surface area contributed by atoms with E-state index >= 15 is 0 Å². The number of ether oxygens (including phenoxy) is 2. The zero-order chi connectivity index (χ0) is 11.0. The van der Waals surface area contributed by atoms with Gasteiger partial charge in [-0.3, -0.25) is 0 Å². The summed E-state index contributed by atoms with van der Waals surface area (Å²) in [6.07, 6.45) is 2.95. The Morgan fingerprint density at radius 3 is 2.64 bits per heavy atom. The van der Waals surface area contributed by atoms with Gasteiger partial charge < -0.3 is 14.6 Å². The zero-order valence-electron chi connectivity index (χ0n) is 8.78. The summed E-state index contributed by atoms with van der Waals surface area (Å²) in [6, 6.07) is 0. The molecule has 1 N–H and O–H groups in total. The molecule has 4 heteroatoms. The van der Waals surface area contributed by atoms with Gasteiger partial charge in [0, 0.05) is 12.5 Å². The molecule has 0 rings (SSSR count). The third-order valence-corrected chi connectivity index (χ3v) is 1.70. The molecule has 0 saturated carbocycles. The van der Waals surface area contributed by atoms with Crippen molar-refractivity contribution in [3.05, 3.63) is 12.7 Å². The predicted octanol–water partition coefficient (Wildman–Crippen LogP) is 1.59. The number of esters is 1. The highest BCUT2D eigenvalue weighted by Gasteiger charge is 2.29. The summed E-state index contributed by atoms with van der Waals surface area (Å²) in [6.45, 7) is 7.27. The number of carbonyl (C=O) groups is 1. The molecule has 0 aromatic heterocycles. The molecule has 0 spiro atoms. The summed E-state index contributed by atoms with van der Waals surface area (Å²) in [4.78, 5) is 10.8. The van der Waals surface area contributed by atoms with Crippen LogP contribution in [0.2, 0.25) is 0 Å². The first-order valence-corrected chi connectivity index (χ1v) is 4.79. The van der Waals surface area contributed by atoms with Crippen LogP contribution >= 0.6 is 0 Å². The van der Waals surface area contributed by atoms with E-state index in [1.165, 1.54) is 0 Å². The van der Waals surface area contributed by atoms with Gasteiger partial charge in [-0.1, -0.05) is 26.8 Å². The Hall–Kier alpha value is -0.870. The Morgan fingerprint density at radius 2 is 2.21 bits per heavy atom. The lowest BCUT2D eigenvalue weighted by molar-refractivity contribution is -0.341. The second-order valence-corrected chi connectivity index (χ2v) is 2.89. The number of aliphatic hydroxyl groups is 1. The number of hydrogen-bond donors (Lipinski definition) is 1. The van der Waals surface area contributed by atoms with E-state index in [9.17, 15) is 9.90 Å². The Labute approximate surface area is 84.5 Å². The maximum atomic E-state index is 10.8. The molecule has 4 nitrogen and oxygen atoms in total. The molecule has 0 aliphatic carbocycles. The maximum absolute atomic E-state index is 10.8. The van der Waals surface area contributed by atoms with Crippen LogP contribution in [0, 0.1) is 0 Å². The summed E-state index contributed by atoms with van der Waals surface area (Å²) in [5, 5.41) is 9.64. The van der Waals surface area contributed by atoms with Gasteiger partial charge in [-0.2, -0.15) is 0 Å². The van der Waals surface area contributed by atoms with Gasteiger partial charge in [-0.25, -0.2) is 4.79 Å². The molecule has 82 valence electrons. The van der Waals surface area contributed by atoms with Crippen molar-refractivity contribution >= 4 is 5.97 Å². The van der Waals surface area contributed by atoms with E-state index in [-0.39, 0.29) is 6.42 Å². The molecule has 0 aromatic rings. The largest absolute Gasteiger partial charge is 0.405 e. The van der Waals surface area contributed by atoms with Crippen LogP contribution in [0.25, 0.3) is 0 Å². The van der Waals surface area contributed by atoms with Gasteiger partial charge in [0.2, 0.25) is 0 Å². The van der Waals surface area contributed by atoms with Crippen molar-refractivity contribution in [2.24, 2.45) is 0 Å². The second-order valence-electron chi connectivity index (χ2n) is 2.89. The van der Waals surface area contributed by atoms with Gasteiger partial charge in [0.1, 0.15) is 0 Å². The highest BCUT2D eigenvalue weighted by atomic mass is 16.8. The first kappa shape index (κ1) is 13.1. The lowest BCUT2D eigenvalue weighted by Crippen LogP contribution is -2.37. The summed E-state index contributed by atoms with van der Waals surface area (Å²) in [5.41, 5.74) is 0. The van der Waals surface area contributed by atoms with Crippen LogP contribution in [-0.4, -0.2) is 23.7 Å². The summed E-state index contributed by atoms with van der Waals surface area (Å²) >= 11 is 0. The summed E-state index contributed by atoms with van der Waals surface area (Å²) < 4.78 is 9.72. The molecule has 0 aliphatic heterocycles. The summed E-state index contributed by atoms with van der Waals surface area (Å²) in [7, 11) is 0. The van der Waals surface area contributed by atoms with Gasteiger partial charge in [-0.15, -0.1) is 0 Å². The predicted molar refractivity (Wildman–Crippen MR) is 52.4 cm³/mol. The Kier molecular flexibility index (Phi) is 6.16. The molecule has 0 aromatic carbocycles. The van der Waals surface area contributed by atoms with Crippen LogP contribution in [0.15, 0.2) is 12.7 Å². The van der Waals surface area contributed by atoms with Crippen LogP contribution in [0.4, 0.5) is 0 Å². The summed E-state index contributed by atoms with van der Waals surface area (Å²) in [5.74, 6) is -2.49. The van der Waals surface area contributed by atoms with Crippen molar-refractivity contribution < 1.29 is 19.4 Å². The van der Waals surface area contributed by atoms with Crippen LogP contribution < -0.4 is 0 Å². The molecule has 0 radical (unpaired) electrons. The quantitative estimate of drug-likeness (QED) is 0.295. The van der Waals surface area contributed by atoms with E-state index in [0.29, 0.717) is 6.61 Å². The van der Waals surface area contributed by atoms with E-state index < -0.39 is 11.9 Å². The van der Waals surface area contributed by atoms with E-state index in [4.69, 9.17) is 4.74 Å². The van der Waals surface area contributed by atoms with Crippen molar-refractivity contribution in [1.29, 1.82) is 0 Å². The average Bonchev–Trinajstić information content (AvgIpc) is 2.18. The van der Waals surface area contributed by atoms with Crippen LogP contribution in [-0.2, 0) is 14.3 Å². The molecule has 1 atom stereocenters. The van der Waals surface area contributed by atoms with E-state index in [1.54, 1.807) is 6.92 Å². The minimum Gasteiger partial charge on any atom is -0.405 e. The van der Waals surface area contributed by atoms with Crippen LogP contribution in [0.5, 0.6) is 0 Å². The number of carbonyl (C=O) groups excluding carboxylic acids is 1. The first-order valence-electron chi connectivity index (χ1n) is 4.79. The molecule has 0 heterocycles. The monoisotopic (exact) mass is 202 g/mol. The van der Waals surface area contributed by atoms with E-state index in [0.717, 1.165) is 18.9 Å². The molecule has 14 heavy (non-hydrogen) atoms. The van der Waals surface area contributed by atoms with Gasteiger partial charge in [0.05, 0.1) is 6.61 Å². The molecule has 0 saturated heterocycles. The molecule has 0 aliphatic rings. The number of unbranched alkanes of at least 4 members (excludes halogenated alkanes) is 1. The first-order chi connectivity index (χ1) is 6.58. The van der Waals surface area contributed by atoms with Crippen molar-refractivity contribution in [3.8, 4) is 0 Å². The van der Waals surface area contributed by atoms with Crippen LogP contribution in [0.1, 0.15) is 33.1 Å². The highest BCUT2D eigenvalue weighted by Crippen LogP contribution is 2.15. The van der Waals surface area contributed by atoms with Crippen molar-refractivity contribution in [2.45, 2.75) is 39.1 Å². The Balaban J connectivity index is 4.03. The Bertz CT molecular complexity index is 191. The average molecular weight is 202 g/mol. The van der Waals surface area contributed by atoms with Crippen LogP contribution in [0.3, 0.4) is 0 Å². The molecular formula is C10H18O4. The Morgan fingerprint density at radius 1 is 1.57 bits per heavy atom. The zero-order valence-corrected chi connectivity index (χ0v) is 8.78. The fourth-order valence-electron chi connectivity index (χ4n) is 0.779. The molecule has 0 bridgehead atoms. The van der Waals surface area contributed by atoms with Gasteiger partial charge in [0.25, 0.3) is 0 Å². The molecular weight excluding hydrogens is 184 g/mol. The van der Waals surface area contributed by atoms with E-state index in [2.05, 4.69) is 11.3 Å². The normalized spacial score (nSPS) is 14.5. The van der Waals surface area contributed by atoms with Gasteiger partial charge in [0.15, 0.2) is 0 Å². The highest BCUT2D eigenvalue weighted by molar-refractivity contribution is 5.81. The maximum Gasteiger partial charge on any atom is 0.334 e. The van der Waals surface area contributed by atoms with Crippen molar-refractivity contribution in [2.75, 3.05) is 6.61 Å². The van der Waals surface area contributed by atoms with Crippen molar-refractivity contribution in [1.82, 2.24) is 0 Å². The third-order valence-electron chi connectivity index (χ3n) is 1.70. The number of hydrogen-bond acceptors (Lipinski definition) is 4. The minimum absolute atomic E-state index is 0.191. The topological polar surface area (TPSA) is 55.8 Å². The lowest BCUT2D eigenvalue weighted by atomic mass is 10.3. The lowest BCUT2D eigenvalue weighted by Gasteiger charge is -2.25. The minimum atomic E-state index is -1.81. The fraction of sp³-hybridized carbons (Fsp3) is 0.700. The molecule has 0 fully saturated rings.